The second kappa shape index (κ2) is 8.94. The fourth-order valence-electron chi connectivity index (χ4n) is 2.24. The van der Waals surface area contributed by atoms with Gasteiger partial charge in [0.15, 0.2) is 0 Å². The number of rotatable bonds is 6. The van der Waals surface area contributed by atoms with Crippen LogP contribution in [0.4, 0.5) is 10.1 Å². The van der Waals surface area contributed by atoms with Gasteiger partial charge in [-0.1, -0.05) is 24.3 Å². The molecule has 2 N–H and O–H groups in total. The largest absolute Gasteiger partial charge is 0.377 e. The molecule has 0 aliphatic carbocycles. The van der Waals surface area contributed by atoms with Gasteiger partial charge in [0.05, 0.1) is 12.6 Å². The highest BCUT2D eigenvalue weighted by Gasteiger charge is 2.17. The number of nitrogens with one attached hydrogen (secondary N) is 2. The molecule has 25 heavy (non-hydrogen) atoms. The summed E-state index contributed by atoms with van der Waals surface area (Å²) in [6.07, 6.45) is 0. The average molecular weight is 344 g/mol. The van der Waals surface area contributed by atoms with Gasteiger partial charge in [0, 0.05) is 12.3 Å². The number of hydrogen-bond donors (Lipinski definition) is 2. The van der Waals surface area contributed by atoms with Crippen molar-refractivity contribution in [2.45, 2.75) is 26.5 Å². The van der Waals surface area contributed by atoms with Gasteiger partial charge in [-0.25, -0.2) is 4.39 Å². The molecule has 2 aromatic rings. The van der Waals surface area contributed by atoms with Crippen molar-refractivity contribution < 1.29 is 18.7 Å². The van der Waals surface area contributed by atoms with E-state index in [0.29, 0.717) is 24.5 Å². The number of anilines is 1. The standard InChI is InChI=1S/C19H21FN2O3/c1-3-25-12-14-5-4-6-17(11-14)22-19(24)18(23)21-13(2)15-7-9-16(20)10-8-15/h4-11,13H,3,12H2,1-2H3,(H,21,23)(H,22,24)/t13-/m0/s1. The van der Waals surface area contributed by atoms with Gasteiger partial charge in [-0.3, -0.25) is 9.59 Å². The number of carbonyl (C=O) groups excluding carboxylic acids is 2. The summed E-state index contributed by atoms with van der Waals surface area (Å²) in [4.78, 5) is 24.1. The van der Waals surface area contributed by atoms with Gasteiger partial charge >= 0.3 is 11.8 Å². The number of benzene rings is 2. The van der Waals surface area contributed by atoms with E-state index < -0.39 is 17.9 Å². The van der Waals surface area contributed by atoms with E-state index in [1.807, 2.05) is 13.0 Å². The van der Waals surface area contributed by atoms with Crippen molar-refractivity contribution in [3.63, 3.8) is 0 Å². The molecule has 0 fully saturated rings. The maximum atomic E-state index is 12.9. The molecule has 0 bridgehead atoms. The molecule has 0 aliphatic heterocycles. The Bertz CT molecular complexity index is 732. The second-order valence-electron chi connectivity index (χ2n) is 5.54. The van der Waals surface area contributed by atoms with E-state index >= 15 is 0 Å². The molecule has 2 amide bonds. The van der Waals surface area contributed by atoms with Gasteiger partial charge in [-0.05, 0) is 49.2 Å². The molecule has 0 aromatic heterocycles. The third kappa shape index (κ3) is 5.69. The predicted molar refractivity (Wildman–Crippen MR) is 93.4 cm³/mol. The molecule has 0 aliphatic rings. The highest BCUT2D eigenvalue weighted by molar-refractivity contribution is 6.39. The third-order valence-corrected chi connectivity index (χ3v) is 3.58. The summed E-state index contributed by atoms with van der Waals surface area (Å²) in [5, 5.41) is 5.14. The van der Waals surface area contributed by atoms with Crippen LogP contribution in [0.5, 0.6) is 0 Å². The Kier molecular flexibility index (Phi) is 6.65. The number of halogens is 1. The quantitative estimate of drug-likeness (QED) is 0.791. The number of ether oxygens (including phenoxy) is 1. The molecule has 0 radical (unpaired) electrons. The summed E-state index contributed by atoms with van der Waals surface area (Å²) in [5.41, 5.74) is 2.13. The second-order valence-corrected chi connectivity index (χ2v) is 5.54. The minimum absolute atomic E-state index is 0.355. The van der Waals surface area contributed by atoms with Crippen molar-refractivity contribution in [3.8, 4) is 0 Å². The Morgan fingerprint density at radius 3 is 2.52 bits per heavy atom. The van der Waals surface area contributed by atoms with E-state index in [-0.39, 0.29) is 5.82 Å². The van der Waals surface area contributed by atoms with Crippen molar-refractivity contribution in [1.29, 1.82) is 0 Å². The Balaban J connectivity index is 1.93. The molecular weight excluding hydrogens is 323 g/mol. The van der Waals surface area contributed by atoms with Gasteiger partial charge in [0.25, 0.3) is 0 Å². The minimum atomic E-state index is -0.762. The van der Waals surface area contributed by atoms with Crippen LogP contribution in [0, 0.1) is 5.82 Å². The van der Waals surface area contributed by atoms with Crippen molar-refractivity contribution in [2.24, 2.45) is 0 Å². The Morgan fingerprint density at radius 1 is 1.12 bits per heavy atom. The van der Waals surface area contributed by atoms with Gasteiger partial charge in [0.2, 0.25) is 0 Å². The summed E-state index contributed by atoms with van der Waals surface area (Å²) in [6, 6.07) is 12.4. The molecule has 2 aromatic carbocycles. The van der Waals surface area contributed by atoms with Crippen LogP contribution in [-0.2, 0) is 20.9 Å². The Morgan fingerprint density at radius 2 is 1.84 bits per heavy atom. The smallest absolute Gasteiger partial charge is 0.313 e. The molecule has 0 saturated heterocycles. The molecular formula is C19H21FN2O3. The van der Waals surface area contributed by atoms with E-state index in [1.54, 1.807) is 37.3 Å². The molecule has 132 valence electrons. The van der Waals surface area contributed by atoms with Crippen LogP contribution in [0.15, 0.2) is 48.5 Å². The van der Waals surface area contributed by atoms with Gasteiger partial charge < -0.3 is 15.4 Å². The van der Waals surface area contributed by atoms with Crippen LogP contribution in [-0.4, -0.2) is 18.4 Å². The first kappa shape index (κ1) is 18.6. The van der Waals surface area contributed by atoms with E-state index in [0.717, 1.165) is 5.56 Å². The molecule has 0 saturated carbocycles. The van der Waals surface area contributed by atoms with Crippen molar-refractivity contribution in [3.05, 3.63) is 65.5 Å². The molecule has 0 spiro atoms. The van der Waals surface area contributed by atoms with E-state index in [9.17, 15) is 14.0 Å². The lowest BCUT2D eigenvalue weighted by atomic mass is 10.1. The van der Waals surface area contributed by atoms with Gasteiger partial charge in [-0.2, -0.15) is 0 Å². The summed E-state index contributed by atoms with van der Waals surface area (Å²) >= 11 is 0. The normalized spacial score (nSPS) is 11.6. The monoisotopic (exact) mass is 344 g/mol. The fraction of sp³-hybridized carbons (Fsp3) is 0.263. The summed E-state index contributed by atoms with van der Waals surface area (Å²) in [7, 11) is 0. The molecule has 5 nitrogen and oxygen atoms in total. The SMILES string of the molecule is CCOCc1cccc(NC(=O)C(=O)N[C@@H](C)c2ccc(F)cc2)c1. The zero-order chi connectivity index (χ0) is 18.2. The lowest BCUT2D eigenvalue weighted by Crippen LogP contribution is -2.36. The number of amides is 2. The topological polar surface area (TPSA) is 67.4 Å². The zero-order valence-corrected chi connectivity index (χ0v) is 14.2. The number of hydrogen-bond acceptors (Lipinski definition) is 3. The summed E-state index contributed by atoms with van der Waals surface area (Å²) in [5.74, 6) is -1.87. The minimum Gasteiger partial charge on any atom is -0.377 e. The van der Waals surface area contributed by atoms with E-state index in [1.165, 1.54) is 12.1 Å². The molecule has 1 atom stereocenters. The Hall–Kier alpha value is -2.73. The maximum absolute atomic E-state index is 12.9. The molecule has 0 heterocycles. The first-order chi connectivity index (χ1) is 12.0. The van der Waals surface area contributed by atoms with Crippen LogP contribution < -0.4 is 10.6 Å². The summed E-state index contributed by atoms with van der Waals surface area (Å²) < 4.78 is 18.3. The van der Waals surface area contributed by atoms with Gasteiger partial charge in [-0.15, -0.1) is 0 Å². The fourth-order valence-corrected chi connectivity index (χ4v) is 2.24. The van der Waals surface area contributed by atoms with E-state index in [4.69, 9.17) is 4.74 Å². The summed E-state index contributed by atoms with van der Waals surface area (Å²) in [6.45, 7) is 4.66. The van der Waals surface area contributed by atoms with Crippen molar-refractivity contribution in [1.82, 2.24) is 5.32 Å². The zero-order valence-electron chi connectivity index (χ0n) is 14.2. The van der Waals surface area contributed by atoms with Crippen LogP contribution in [0.1, 0.15) is 31.0 Å². The van der Waals surface area contributed by atoms with E-state index in [2.05, 4.69) is 10.6 Å². The first-order valence-corrected chi connectivity index (χ1v) is 8.03. The van der Waals surface area contributed by atoms with Crippen molar-refractivity contribution in [2.75, 3.05) is 11.9 Å². The maximum Gasteiger partial charge on any atom is 0.313 e. The van der Waals surface area contributed by atoms with Gasteiger partial charge in [0.1, 0.15) is 5.82 Å². The van der Waals surface area contributed by atoms with Crippen LogP contribution in [0.2, 0.25) is 0 Å². The Labute approximate surface area is 146 Å². The van der Waals surface area contributed by atoms with Crippen LogP contribution >= 0.6 is 0 Å². The van der Waals surface area contributed by atoms with Crippen LogP contribution in [0.3, 0.4) is 0 Å². The van der Waals surface area contributed by atoms with Crippen molar-refractivity contribution >= 4 is 17.5 Å². The predicted octanol–water partition coefficient (Wildman–Crippen LogP) is 3.18. The highest BCUT2D eigenvalue weighted by atomic mass is 19.1. The van der Waals surface area contributed by atoms with Crippen LogP contribution in [0.25, 0.3) is 0 Å². The third-order valence-electron chi connectivity index (χ3n) is 3.58. The highest BCUT2D eigenvalue weighted by Crippen LogP contribution is 2.14. The molecule has 6 heteroatoms. The first-order valence-electron chi connectivity index (χ1n) is 8.03. The number of carbonyl (C=O) groups is 2. The molecule has 2 rings (SSSR count). The lowest BCUT2D eigenvalue weighted by Gasteiger charge is -2.14. The average Bonchev–Trinajstić information content (AvgIpc) is 2.60. The lowest BCUT2D eigenvalue weighted by molar-refractivity contribution is -0.136. The molecule has 0 unspecified atom stereocenters.